The molecule has 3 rings (SSSR count). The van der Waals surface area contributed by atoms with Gasteiger partial charge in [0.2, 0.25) is 0 Å². The van der Waals surface area contributed by atoms with Crippen molar-refractivity contribution in [3.05, 3.63) is 87.2 Å². The fourth-order valence-corrected chi connectivity index (χ4v) is 3.33. The van der Waals surface area contributed by atoms with Gasteiger partial charge in [0.05, 0.1) is 28.8 Å². The van der Waals surface area contributed by atoms with Crippen LogP contribution in [-0.2, 0) is 12.8 Å². The number of carbonyl (C=O) groups is 2. The minimum Gasteiger partial charge on any atom is -0.545 e. The van der Waals surface area contributed by atoms with Gasteiger partial charge in [0.15, 0.2) is 0 Å². The summed E-state index contributed by atoms with van der Waals surface area (Å²) >= 11 is 11.9. The van der Waals surface area contributed by atoms with Crippen LogP contribution in [0.5, 0.6) is 5.75 Å². The van der Waals surface area contributed by atoms with Crippen LogP contribution in [0.25, 0.3) is 0 Å². The van der Waals surface area contributed by atoms with Gasteiger partial charge < -0.3 is 20.0 Å². The Morgan fingerprint density at radius 3 is 2.47 bits per heavy atom. The Balaban J connectivity index is 0.00000363. The molecule has 0 aliphatic heterocycles. The molecule has 0 atom stereocenters. The number of ether oxygens (including phenoxy) is 1. The Hall–Kier alpha value is -2.49. The molecule has 0 radical (unpaired) electrons. The third kappa shape index (κ3) is 6.75. The van der Waals surface area contributed by atoms with Crippen LogP contribution in [0, 0.1) is 0 Å². The number of carboxylic acids is 1. The van der Waals surface area contributed by atoms with Crippen molar-refractivity contribution in [2.75, 3.05) is 11.9 Å². The van der Waals surface area contributed by atoms with Gasteiger partial charge in [-0.3, -0.25) is 9.78 Å². The van der Waals surface area contributed by atoms with Crippen molar-refractivity contribution < 1.29 is 38.3 Å². The van der Waals surface area contributed by atoms with E-state index in [9.17, 15) is 14.7 Å². The van der Waals surface area contributed by atoms with Crippen molar-refractivity contribution in [1.29, 1.82) is 0 Å². The van der Waals surface area contributed by atoms with Gasteiger partial charge in [-0.05, 0) is 54.4 Å². The molecule has 1 N–H and O–H groups in total. The van der Waals surface area contributed by atoms with Gasteiger partial charge >= 0.3 is 18.9 Å². The first-order valence-electron chi connectivity index (χ1n) is 9.55. The number of amides is 1. The second-order valence-corrected chi connectivity index (χ2v) is 7.53. The number of rotatable bonds is 8. The molecule has 1 heterocycles. The summed E-state index contributed by atoms with van der Waals surface area (Å²) < 4.78 is 5.65. The molecule has 0 aliphatic rings. The fourth-order valence-electron chi connectivity index (χ4n) is 2.84. The summed E-state index contributed by atoms with van der Waals surface area (Å²) in [5.74, 6) is -1.67. The minimum absolute atomic E-state index is 0. The summed E-state index contributed by atoms with van der Waals surface area (Å²) in [6, 6.07) is 12.7. The van der Waals surface area contributed by atoms with E-state index in [0.29, 0.717) is 23.8 Å². The summed E-state index contributed by atoms with van der Waals surface area (Å²) in [4.78, 5) is 28.4. The number of nitrogens with zero attached hydrogens (tertiary/aromatic N) is 1. The molecule has 3 aromatic rings. The molecule has 0 unspecified atom stereocenters. The maximum Gasteiger partial charge on any atom is 1.00 e. The van der Waals surface area contributed by atoms with Crippen LogP contribution in [0.3, 0.4) is 0 Å². The Bertz CT molecular complexity index is 1110. The number of carboxylic acid groups (broad SMARTS) is 1. The molecule has 0 spiro atoms. The van der Waals surface area contributed by atoms with Crippen molar-refractivity contribution in [2.45, 2.75) is 19.8 Å². The number of carbonyl (C=O) groups excluding carboxylic acids is 2. The molecule has 32 heavy (non-hydrogen) atoms. The first-order valence-corrected chi connectivity index (χ1v) is 10.3. The zero-order valence-electron chi connectivity index (χ0n) is 17.7. The zero-order valence-corrected chi connectivity index (χ0v) is 19.2. The molecular formula is C23H19Cl2LiN2O4. The van der Waals surface area contributed by atoms with E-state index in [0.717, 1.165) is 17.7 Å². The van der Waals surface area contributed by atoms with Gasteiger partial charge in [0.1, 0.15) is 5.75 Å². The molecule has 9 heteroatoms. The monoisotopic (exact) mass is 464 g/mol. The molecule has 1 aromatic heterocycles. The molecule has 1 amide bonds. The smallest absolute Gasteiger partial charge is 0.545 e. The maximum atomic E-state index is 12.5. The largest absolute Gasteiger partial charge is 1.00 e. The van der Waals surface area contributed by atoms with Crippen LogP contribution in [-0.4, -0.2) is 23.5 Å². The number of hydrogen-bond donors (Lipinski definition) is 1. The number of aromatic nitrogens is 1. The molecule has 0 bridgehead atoms. The Morgan fingerprint density at radius 2 is 1.84 bits per heavy atom. The van der Waals surface area contributed by atoms with E-state index >= 15 is 0 Å². The fraction of sp³-hybridized carbons (Fsp3) is 0.174. The first-order chi connectivity index (χ1) is 14.9. The van der Waals surface area contributed by atoms with Crippen molar-refractivity contribution >= 4 is 40.8 Å². The third-order valence-electron chi connectivity index (χ3n) is 4.56. The molecule has 0 saturated heterocycles. The molecule has 0 saturated carbocycles. The van der Waals surface area contributed by atoms with Gasteiger partial charge in [-0.2, -0.15) is 0 Å². The minimum atomic E-state index is -1.44. The number of halogens is 2. The van der Waals surface area contributed by atoms with E-state index in [4.69, 9.17) is 27.9 Å². The summed E-state index contributed by atoms with van der Waals surface area (Å²) in [6.07, 6.45) is 3.31. The molecule has 160 valence electrons. The van der Waals surface area contributed by atoms with Crippen molar-refractivity contribution in [3.8, 4) is 5.75 Å². The predicted molar refractivity (Wildman–Crippen MR) is 118 cm³/mol. The van der Waals surface area contributed by atoms with Crippen molar-refractivity contribution in [2.24, 2.45) is 0 Å². The molecular weight excluding hydrogens is 446 g/mol. The van der Waals surface area contributed by atoms with Gasteiger partial charge in [0, 0.05) is 28.9 Å². The zero-order chi connectivity index (χ0) is 22.4. The van der Waals surface area contributed by atoms with Gasteiger partial charge in [-0.15, -0.1) is 0 Å². The molecule has 0 aliphatic carbocycles. The Kier molecular flexibility index (Phi) is 9.61. The van der Waals surface area contributed by atoms with Crippen LogP contribution in [0.1, 0.15) is 38.9 Å². The number of aromatic carboxylic acids is 1. The van der Waals surface area contributed by atoms with Crippen LogP contribution in [0.2, 0.25) is 10.0 Å². The van der Waals surface area contributed by atoms with E-state index < -0.39 is 11.9 Å². The normalized spacial score (nSPS) is 10.2. The van der Waals surface area contributed by atoms with E-state index in [1.54, 1.807) is 6.07 Å². The van der Waals surface area contributed by atoms with Gasteiger partial charge in [0.25, 0.3) is 5.91 Å². The van der Waals surface area contributed by atoms with E-state index in [2.05, 4.69) is 17.2 Å². The van der Waals surface area contributed by atoms with Gasteiger partial charge in [-0.1, -0.05) is 36.2 Å². The molecule has 6 nitrogen and oxygen atoms in total. The average molecular weight is 465 g/mol. The topological polar surface area (TPSA) is 91.3 Å². The van der Waals surface area contributed by atoms with E-state index in [-0.39, 0.29) is 40.7 Å². The molecule has 2 aromatic carbocycles. The van der Waals surface area contributed by atoms with Gasteiger partial charge in [-0.25, -0.2) is 0 Å². The van der Waals surface area contributed by atoms with Crippen LogP contribution < -0.4 is 34.0 Å². The summed E-state index contributed by atoms with van der Waals surface area (Å²) in [6.45, 7) is 2.38. The summed E-state index contributed by atoms with van der Waals surface area (Å²) in [5.41, 5.74) is 2.06. The molecule has 0 fully saturated rings. The SMILES string of the molecule is CCc1ccc(CCOc2ccc(NC(=O)c3ccc(Cl)cc3Cl)c(C(=O)[O-])c2)nc1.[Li+]. The summed E-state index contributed by atoms with van der Waals surface area (Å²) in [5, 5.41) is 14.7. The first kappa shape index (κ1) is 25.8. The van der Waals surface area contributed by atoms with Crippen molar-refractivity contribution in [3.63, 3.8) is 0 Å². The number of anilines is 1. The van der Waals surface area contributed by atoms with E-state index in [1.807, 2.05) is 18.3 Å². The number of hydrogen-bond acceptors (Lipinski definition) is 5. The second-order valence-electron chi connectivity index (χ2n) is 6.68. The Morgan fingerprint density at radius 1 is 1.06 bits per heavy atom. The standard InChI is InChI=1S/C23H20Cl2N2O4.Li/c1-2-14-3-5-16(26-13-14)9-10-31-17-6-8-21(19(12-17)23(29)30)27-22(28)18-7-4-15(24)11-20(18)25;/h3-8,11-13H,2,9-10H2,1H3,(H,27,28)(H,29,30);/q;+1/p-1. The van der Waals surface area contributed by atoms with Crippen LogP contribution in [0.15, 0.2) is 54.7 Å². The Labute approximate surface area is 208 Å². The summed E-state index contributed by atoms with van der Waals surface area (Å²) in [7, 11) is 0. The number of pyridine rings is 1. The predicted octanol–water partition coefficient (Wildman–Crippen LogP) is 1.19. The average Bonchev–Trinajstić information content (AvgIpc) is 2.75. The third-order valence-corrected chi connectivity index (χ3v) is 5.10. The number of nitrogens with one attached hydrogen (secondary N) is 1. The quantitative estimate of drug-likeness (QED) is 0.505. The van der Waals surface area contributed by atoms with E-state index in [1.165, 1.54) is 30.3 Å². The number of aryl methyl sites for hydroxylation is 1. The maximum absolute atomic E-state index is 12.5. The van der Waals surface area contributed by atoms with Crippen LogP contribution in [0.4, 0.5) is 5.69 Å². The van der Waals surface area contributed by atoms with Crippen molar-refractivity contribution in [1.82, 2.24) is 4.98 Å². The van der Waals surface area contributed by atoms with Crippen LogP contribution >= 0.6 is 23.2 Å². The second kappa shape index (κ2) is 11.9. The number of benzene rings is 2.